The van der Waals surface area contributed by atoms with Gasteiger partial charge in [-0.3, -0.25) is 4.79 Å². The molecule has 2 heterocycles. The molecule has 1 aromatic rings. The fourth-order valence-electron chi connectivity index (χ4n) is 2.71. The molecule has 7 heteroatoms. The predicted octanol–water partition coefficient (Wildman–Crippen LogP) is -0.898. The largest absolute Gasteiger partial charge is 0.376 e. The third-order valence-electron chi connectivity index (χ3n) is 3.68. The lowest BCUT2D eigenvalue weighted by molar-refractivity contribution is 0.00519. The van der Waals surface area contributed by atoms with Crippen LogP contribution in [0.1, 0.15) is 16.9 Å². The fraction of sp³-hybridized carbons (Fsp3) is 0.545. The maximum absolute atomic E-state index is 11.2. The van der Waals surface area contributed by atoms with Crippen LogP contribution in [0, 0.1) is 5.92 Å². The first-order valence-corrected chi connectivity index (χ1v) is 5.93. The number of nitrogens with zero attached hydrogens (tertiary/aromatic N) is 2. The van der Waals surface area contributed by atoms with Gasteiger partial charge in [0, 0.05) is 31.0 Å². The highest BCUT2D eigenvalue weighted by molar-refractivity contribution is 5.95. The molecule has 96 valence electrons. The quantitative estimate of drug-likeness (QED) is 0.639. The first-order chi connectivity index (χ1) is 8.68. The summed E-state index contributed by atoms with van der Waals surface area (Å²) in [5, 5.41) is 3.13. The lowest BCUT2D eigenvalue weighted by Gasteiger charge is -2.45. The summed E-state index contributed by atoms with van der Waals surface area (Å²) in [6.45, 7) is 0.740. The van der Waals surface area contributed by atoms with Crippen molar-refractivity contribution in [2.75, 3.05) is 11.9 Å². The highest BCUT2D eigenvalue weighted by atomic mass is 16.5. The molecule has 1 aliphatic carbocycles. The number of aromatic nitrogens is 2. The molecule has 4 atom stereocenters. The van der Waals surface area contributed by atoms with Crippen molar-refractivity contribution in [3.8, 4) is 0 Å². The van der Waals surface area contributed by atoms with Crippen LogP contribution in [0.4, 0.5) is 5.82 Å². The van der Waals surface area contributed by atoms with Crippen molar-refractivity contribution in [2.24, 2.45) is 17.4 Å². The maximum Gasteiger partial charge on any atom is 0.271 e. The number of fused-ring (bicyclic) bond motifs is 1. The van der Waals surface area contributed by atoms with Gasteiger partial charge in [-0.05, 0) is 6.42 Å². The molecule has 4 unspecified atom stereocenters. The van der Waals surface area contributed by atoms with Crippen molar-refractivity contribution < 1.29 is 9.53 Å². The van der Waals surface area contributed by atoms with Crippen LogP contribution in [0.5, 0.6) is 0 Å². The average molecular weight is 249 g/mol. The van der Waals surface area contributed by atoms with Crippen LogP contribution in [0.3, 0.4) is 0 Å². The van der Waals surface area contributed by atoms with Crippen LogP contribution < -0.4 is 16.8 Å². The Bertz CT molecular complexity index is 480. The number of anilines is 1. The van der Waals surface area contributed by atoms with Crippen molar-refractivity contribution in [2.45, 2.75) is 24.6 Å². The van der Waals surface area contributed by atoms with Crippen LogP contribution in [0.15, 0.2) is 12.4 Å². The van der Waals surface area contributed by atoms with Crippen molar-refractivity contribution in [3.05, 3.63) is 18.1 Å². The molecule has 7 nitrogen and oxygen atoms in total. The van der Waals surface area contributed by atoms with Gasteiger partial charge in [-0.1, -0.05) is 0 Å². The number of hydrogen-bond acceptors (Lipinski definition) is 6. The second kappa shape index (κ2) is 4.18. The highest BCUT2D eigenvalue weighted by Gasteiger charge is 2.52. The lowest BCUT2D eigenvalue weighted by Crippen LogP contribution is -2.65. The molecule has 3 rings (SSSR count). The third kappa shape index (κ3) is 1.63. The van der Waals surface area contributed by atoms with Gasteiger partial charge in [0.15, 0.2) is 11.5 Å². The van der Waals surface area contributed by atoms with Gasteiger partial charge in [-0.25, -0.2) is 9.97 Å². The minimum atomic E-state index is -0.609. The molecule has 0 spiro atoms. The molecule has 1 aromatic heterocycles. The molecule has 5 N–H and O–H groups in total. The predicted molar refractivity (Wildman–Crippen MR) is 63.8 cm³/mol. The van der Waals surface area contributed by atoms with Crippen LogP contribution in [-0.4, -0.2) is 40.7 Å². The first kappa shape index (κ1) is 11.4. The van der Waals surface area contributed by atoms with E-state index in [1.807, 2.05) is 0 Å². The minimum absolute atomic E-state index is 0.0141. The summed E-state index contributed by atoms with van der Waals surface area (Å²) in [5.41, 5.74) is 11.5. The Balaban J connectivity index is 1.79. The van der Waals surface area contributed by atoms with Gasteiger partial charge in [0.1, 0.15) is 0 Å². The van der Waals surface area contributed by atoms with Crippen LogP contribution >= 0.6 is 0 Å². The lowest BCUT2D eigenvalue weighted by atomic mass is 9.72. The Hall–Kier alpha value is -1.73. The van der Waals surface area contributed by atoms with E-state index < -0.39 is 5.91 Å². The van der Waals surface area contributed by atoms with E-state index in [0.717, 1.165) is 13.0 Å². The number of carbonyl (C=O) groups is 1. The number of rotatable bonds is 3. The van der Waals surface area contributed by atoms with E-state index in [1.165, 1.54) is 12.4 Å². The Kier molecular flexibility index (Phi) is 2.64. The second-order valence-corrected chi connectivity index (χ2v) is 4.65. The number of hydrogen-bond donors (Lipinski definition) is 3. The summed E-state index contributed by atoms with van der Waals surface area (Å²) in [5.74, 6) is 0.165. The average Bonchev–Trinajstić information content (AvgIpc) is 2.81. The summed E-state index contributed by atoms with van der Waals surface area (Å²) >= 11 is 0. The van der Waals surface area contributed by atoms with Crippen LogP contribution in [-0.2, 0) is 4.74 Å². The van der Waals surface area contributed by atoms with E-state index in [1.54, 1.807) is 0 Å². The van der Waals surface area contributed by atoms with Gasteiger partial charge >= 0.3 is 0 Å². The van der Waals surface area contributed by atoms with Gasteiger partial charge in [0.05, 0.1) is 12.1 Å². The van der Waals surface area contributed by atoms with E-state index >= 15 is 0 Å². The van der Waals surface area contributed by atoms with Gasteiger partial charge in [0.2, 0.25) is 0 Å². The molecule has 0 aromatic carbocycles. The molecule has 1 amide bonds. The summed E-state index contributed by atoms with van der Waals surface area (Å²) in [4.78, 5) is 19.2. The summed E-state index contributed by atoms with van der Waals surface area (Å²) in [7, 11) is 0. The number of ether oxygens (including phenoxy) is 1. The second-order valence-electron chi connectivity index (χ2n) is 4.65. The third-order valence-corrected chi connectivity index (χ3v) is 3.68. The van der Waals surface area contributed by atoms with Gasteiger partial charge in [0.25, 0.3) is 5.91 Å². The van der Waals surface area contributed by atoms with Crippen molar-refractivity contribution in [1.29, 1.82) is 0 Å². The molecular formula is C11H15N5O2. The maximum atomic E-state index is 11.2. The fourth-order valence-corrected chi connectivity index (χ4v) is 2.71. The SMILES string of the molecule is NC(=O)c1nccnc1NC1C(N)C2CCOC21. The molecule has 1 saturated carbocycles. The van der Waals surface area contributed by atoms with Gasteiger partial charge in [-0.2, -0.15) is 0 Å². The van der Waals surface area contributed by atoms with E-state index in [2.05, 4.69) is 15.3 Å². The highest BCUT2D eigenvalue weighted by Crippen LogP contribution is 2.39. The van der Waals surface area contributed by atoms with Crippen LogP contribution in [0.2, 0.25) is 0 Å². The Morgan fingerprint density at radius 1 is 1.44 bits per heavy atom. The van der Waals surface area contributed by atoms with Gasteiger partial charge in [-0.15, -0.1) is 0 Å². The molecule has 1 aliphatic heterocycles. The number of carbonyl (C=O) groups excluding carboxylic acids is 1. The van der Waals surface area contributed by atoms with Crippen molar-refractivity contribution in [3.63, 3.8) is 0 Å². The molecular weight excluding hydrogens is 234 g/mol. The summed E-state index contributed by atoms with van der Waals surface area (Å²) < 4.78 is 5.60. The summed E-state index contributed by atoms with van der Waals surface area (Å²) in [6, 6.07) is -0.0208. The molecule has 0 bridgehead atoms. The zero-order chi connectivity index (χ0) is 12.7. The van der Waals surface area contributed by atoms with E-state index in [-0.39, 0.29) is 23.9 Å². The molecule has 2 aliphatic rings. The van der Waals surface area contributed by atoms with E-state index in [9.17, 15) is 4.79 Å². The van der Waals surface area contributed by atoms with E-state index in [0.29, 0.717) is 11.7 Å². The number of amides is 1. The Morgan fingerprint density at radius 3 is 3.00 bits per heavy atom. The Morgan fingerprint density at radius 2 is 2.22 bits per heavy atom. The minimum Gasteiger partial charge on any atom is -0.376 e. The zero-order valence-electron chi connectivity index (χ0n) is 9.74. The van der Waals surface area contributed by atoms with Crippen molar-refractivity contribution in [1.82, 2.24) is 9.97 Å². The van der Waals surface area contributed by atoms with E-state index in [4.69, 9.17) is 16.2 Å². The summed E-state index contributed by atoms with van der Waals surface area (Å²) in [6.07, 6.45) is 4.03. The monoisotopic (exact) mass is 249 g/mol. The smallest absolute Gasteiger partial charge is 0.271 e. The first-order valence-electron chi connectivity index (χ1n) is 5.93. The van der Waals surface area contributed by atoms with Crippen LogP contribution in [0.25, 0.3) is 0 Å². The normalized spacial score (nSPS) is 33.6. The Labute approximate surface area is 104 Å². The van der Waals surface area contributed by atoms with Crippen molar-refractivity contribution >= 4 is 11.7 Å². The standard InChI is InChI=1S/C11H15N5O2/c12-6-5-1-4-18-9(5)7(6)16-11-8(10(13)17)14-2-3-15-11/h2-3,5-7,9H,1,4,12H2,(H2,13,17)(H,15,16). The topological polar surface area (TPSA) is 116 Å². The molecule has 0 radical (unpaired) electrons. The number of primary amides is 1. The number of nitrogens with two attached hydrogens (primary N) is 2. The number of nitrogens with one attached hydrogen (secondary N) is 1. The molecule has 2 fully saturated rings. The zero-order valence-corrected chi connectivity index (χ0v) is 9.74. The molecule has 18 heavy (non-hydrogen) atoms. The molecule has 1 saturated heterocycles. The van der Waals surface area contributed by atoms with Gasteiger partial charge < -0.3 is 21.5 Å².